The van der Waals surface area contributed by atoms with Crippen molar-refractivity contribution in [1.82, 2.24) is 0 Å². The zero-order valence-electron chi connectivity index (χ0n) is 20.9. The summed E-state index contributed by atoms with van der Waals surface area (Å²) in [6.45, 7) is 2.28. The van der Waals surface area contributed by atoms with E-state index in [1.54, 1.807) is 24.3 Å². The molecule has 0 saturated carbocycles. The summed E-state index contributed by atoms with van der Waals surface area (Å²) < 4.78 is 5.43. The van der Waals surface area contributed by atoms with Crippen molar-refractivity contribution < 1.29 is 54.2 Å². The van der Waals surface area contributed by atoms with Crippen LogP contribution < -0.4 is 4.74 Å². The molecule has 0 saturated heterocycles. The smallest absolute Gasteiger partial charge is 0.311 e. The van der Waals surface area contributed by atoms with Gasteiger partial charge < -0.3 is 30.3 Å². The van der Waals surface area contributed by atoms with Crippen LogP contribution in [-0.4, -0.2) is 62.0 Å². The highest BCUT2D eigenvalue weighted by Crippen LogP contribution is 2.45. The number of hydrogen-bond donors (Lipinski definition) is 5. The minimum atomic E-state index is -2.34. The maximum atomic E-state index is 12.5. The fourth-order valence-corrected chi connectivity index (χ4v) is 4.85. The van der Waals surface area contributed by atoms with Gasteiger partial charge in [0.25, 0.3) is 0 Å². The average Bonchev–Trinajstić information content (AvgIpc) is 2.78. The monoisotopic (exact) mass is 524 g/mol. The lowest BCUT2D eigenvalue weighted by Crippen LogP contribution is -2.47. The van der Waals surface area contributed by atoms with E-state index in [9.17, 15) is 44.4 Å². The molecule has 0 aliphatic heterocycles. The molecule has 11 nitrogen and oxygen atoms in total. The predicted octanol–water partition coefficient (Wildman–Crippen LogP) is 3.78. The highest BCUT2D eigenvalue weighted by atomic mass is 16.5. The van der Waals surface area contributed by atoms with Crippen molar-refractivity contribution in [3.63, 3.8) is 0 Å². The van der Waals surface area contributed by atoms with Gasteiger partial charge >= 0.3 is 29.8 Å². The van der Waals surface area contributed by atoms with Gasteiger partial charge in [0.15, 0.2) is 0 Å². The molecular formula is C26H36O11. The molecule has 1 aromatic rings. The standard InChI is InChI=1S/C26H36O11/c1-2-37-19-11-9-17(10-12-19)13-18(7-5-3-4-6-8-21(27)28)20(14-22(29)30)26(25(35)36,15-23(31)32)16-24(33)34/h9-12,18,20H,2-8,13-16H2,1H3,(H,27,28)(H,29,30)(H,31,32)(H,33,34)(H,35,36). The molecule has 1 rings (SSSR count). The Morgan fingerprint density at radius 1 is 0.784 bits per heavy atom. The maximum Gasteiger partial charge on any atom is 0.311 e. The van der Waals surface area contributed by atoms with E-state index in [4.69, 9.17) is 9.84 Å². The topological polar surface area (TPSA) is 196 Å². The van der Waals surface area contributed by atoms with Crippen LogP contribution in [0.4, 0.5) is 0 Å². The number of ether oxygens (including phenoxy) is 1. The molecule has 0 fully saturated rings. The Morgan fingerprint density at radius 3 is 1.81 bits per heavy atom. The quantitative estimate of drug-likeness (QED) is 0.156. The second kappa shape index (κ2) is 15.5. The van der Waals surface area contributed by atoms with E-state index in [1.807, 2.05) is 6.92 Å². The average molecular weight is 525 g/mol. The lowest BCUT2D eigenvalue weighted by atomic mass is 9.62. The number of carboxylic acids is 5. The van der Waals surface area contributed by atoms with Crippen LogP contribution >= 0.6 is 0 Å². The van der Waals surface area contributed by atoms with Gasteiger partial charge in [-0.2, -0.15) is 0 Å². The molecule has 0 radical (unpaired) electrons. The molecule has 0 amide bonds. The van der Waals surface area contributed by atoms with Crippen LogP contribution in [0.1, 0.15) is 70.3 Å². The van der Waals surface area contributed by atoms with Crippen molar-refractivity contribution in [3.8, 4) is 5.75 Å². The number of carbonyl (C=O) groups is 5. The van der Waals surface area contributed by atoms with Crippen LogP contribution in [0.3, 0.4) is 0 Å². The molecule has 0 heterocycles. The van der Waals surface area contributed by atoms with Crippen LogP contribution in [0.5, 0.6) is 5.75 Å². The third-order valence-electron chi connectivity index (χ3n) is 6.48. The summed E-state index contributed by atoms with van der Waals surface area (Å²) in [5.74, 6) is -8.35. The summed E-state index contributed by atoms with van der Waals surface area (Å²) in [7, 11) is 0. The fourth-order valence-electron chi connectivity index (χ4n) is 4.85. The van der Waals surface area contributed by atoms with Crippen molar-refractivity contribution in [2.75, 3.05) is 6.61 Å². The number of carboxylic acid groups (broad SMARTS) is 5. The number of aliphatic carboxylic acids is 5. The first-order chi connectivity index (χ1) is 17.4. The number of unbranched alkanes of at least 4 members (excludes halogenated alkanes) is 3. The molecule has 206 valence electrons. The molecule has 0 bridgehead atoms. The maximum absolute atomic E-state index is 12.5. The van der Waals surface area contributed by atoms with E-state index in [0.717, 1.165) is 5.56 Å². The molecule has 0 aliphatic rings. The summed E-state index contributed by atoms with van der Waals surface area (Å²) >= 11 is 0. The van der Waals surface area contributed by atoms with Crippen LogP contribution in [-0.2, 0) is 30.4 Å². The highest BCUT2D eigenvalue weighted by molar-refractivity contribution is 5.87. The zero-order chi connectivity index (χ0) is 28.0. The van der Waals surface area contributed by atoms with Crippen LogP contribution in [0.25, 0.3) is 0 Å². The lowest BCUT2D eigenvalue weighted by molar-refractivity contribution is -0.169. The normalized spacial score (nSPS) is 12.9. The van der Waals surface area contributed by atoms with Gasteiger partial charge in [-0.25, -0.2) is 0 Å². The van der Waals surface area contributed by atoms with E-state index in [1.165, 1.54) is 0 Å². The molecule has 0 aromatic heterocycles. The Kier molecular flexibility index (Phi) is 13.1. The number of hydrogen-bond acceptors (Lipinski definition) is 6. The second-order valence-corrected chi connectivity index (χ2v) is 9.19. The highest BCUT2D eigenvalue weighted by Gasteiger charge is 2.52. The SMILES string of the molecule is CCOc1ccc(CC(CCCCCCC(=O)O)C(CC(=O)O)C(CC(=O)O)(CC(=O)O)C(=O)O)cc1. The molecular weight excluding hydrogens is 488 g/mol. The summed E-state index contributed by atoms with van der Waals surface area (Å²) in [4.78, 5) is 58.4. The van der Waals surface area contributed by atoms with E-state index >= 15 is 0 Å². The minimum absolute atomic E-state index is 0.0105. The molecule has 2 unspecified atom stereocenters. The number of rotatable bonds is 20. The van der Waals surface area contributed by atoms with Gasteiger partial charge in [0.1, 0.15) is 5.75 Å². The van der Waals surface area contributed by atoms with Gasteiger partial charge in [-0.05, 0) is 55.7 Å². The van der Waals surface area contributed by atoms with Crippen molar-refractivity contribution in [2.45, 2.75) is 71.1 Å². The van der Waals surface area contributed by atoms with Crippen LogP contribution in [0, 0.1) is 17.3 Å². The first kappa shape index (κ1) is 31.4. The summed E-state index contributed by atoms with van der Waals surface area (Å²) in [5, 5.41) is 47.6. The Labute approximate surface area is 215 Å². The molecule has 37 heavy (non-hydrogen) atoms. The molecule has 2 atom stereocenters. The largest absolute Gasteiger partial charge is 0.494 e. The Bertz CT molecular complexity index is 907. The van der Waals surface area contributed by atoms with E-state index in [2.05, 4.69) is 0 Å². The Hall–Kier alpha value is -3.63. The molecule has 1 aromatic carbocycles. The van der Waals surface area contributed by atoms with Crippen LogP contribution in [0.2, 0.25) is 0 Å². The molecule has 0 aliphatic carbocycles. The van der Waals surface area contributed by atoms with Gasteiger partial charge in [0.05, 0.1) is 24.9 Å². The molecule has 5 N–H and O–H groups in total. The van der Waals surface area contributed by atoms with E-state index < -0.39 is 66.4 Å². The van der Waals surface area contributed by atoms with Crippen molar-refractivity contribution in [2.24, 2.45) is 17.3 Å². The van der Waals surface area contributed by atoms with Gasteiger partial charge in [0.2, 0.25) is 0 Å². The summed E-state index contributed by atoms with van der Waals surface area (Å²) in [6, 6.07) is 6.93. The van der Waals surface area contributed by atoms with Crippen molar-refractivity contribution >= 4 is 29.8 Å². The van der Waals surface area contributed by atoms with Crippen molar-refractivity contribution in [1.29, 1.82) is 0 Å². The molecule has 0 spiro atoms. The van der Waals surface area contributed by atoms with Gasteiger partial charge in [-0.15, -0.1) is 0 Å². The first-order valence-electron chi connectivity index (χ1n) is 12.2. The van der Waals surface area contributed by atoms with E-state index in [-0.39, 0.29) is 12.8 Å². The van der Waals surface area contributed by atoms with Crippen LogP contribution in [0.15, 0.2) is 24.3 Å². The van der Waals surface area contributed by atoms with E-state index in [0.29, 0.717) is 44.5 Å². The summed E-state index contributed by atoms with van der Waals surface area (Å²) in [6.07, 6.45) is -0.104. The van der Waals surface area contributed by atoms with Gasteiger partial charge in [-0.3, -0.25) is 24.0 Å². The second-order valence-electron chi connectivity index (χ2n) is 9.19. The fraction of sp³-hybridized carbons (Fsp3) is 0.577. The van der Waals surface area contributed by atoms with Crippen molar-refractivity contribution in [3.05, 3.63) is 29.8 Å². The molecule has 11 heteroatoms. The van der Waals surface area contributed by atoms with Gasteiger partial charge in [-0.1, -0.05) is 31.4 Å². The summed E-state index contributed by atoms with van der Waals surface area (Å²) in [5.41, 5.74) is -1.60. The Morgan fingerprint density at radius 2 is 1.35 bits per heavy atom. The predicted molar refractivity (Wildman–Crippen MR) is 130 cm³/mol. The Balaban J connectivity index is 3.40. The lowest BCUT2D eigenvalue weighted by Gasteiger charge is -2.39. The minimum Gasteiger partial charge on any atom is -0.494 e. The third-order valence-corrected chi connectivity index (χ3v) is 6.48. The zero-order valence-corrected chi connectivity index (χ0v) is 20.9. The first-order valence-corrected chi connectivity index (χ1v) is 12.2. The van der Waals surface area contributed by atoms with Gasteiger partial charge in [0, 0.05) is 12.8 Å². The third kappa shape index (κ3) is 10.9. The number of benzene rings is 1.